The number of hydrogen-bond acceptors (Lipinski definition) is 4. The molecule has 25 heavy (non-hydrogen) atoms. The van der Waals surface area contributed by atoms with Crippen molar-refractivity contribution in [1.82, 2.24) is 5.32 Å². The van der Waals surface area contributed by atoms with Crippen molar-refractivity contribution in [1.29, 1.82) is 0 Å². The fraction of sp³-hybridized carbons (Fsp3) is 0.579. The average molecular weight is 345 g/mol. The molecule has 0 aromatic heterocycles. The van der Waals surface area contributed by atoms with Crippen LogP contribution in [0.5, 0.6) is 5.75 Å². The van der Waals surface area contributed by atoms with Crippen LogP contribution in [-0.2, 0) is 4.79 Å². The molecule has 136 valence electrons. The molecule has 2 fully saturated rings. The standard InChI is InChI=1S/C19H27N3O3/c1-21-19(24)15-10-14(25-2)6-7-16(15)22-18(23)13-8-11-4-3-5-12(9-13)17(11)20/h6-7,10-13,17H,3-5,8-9,20H2,1-2H3,(H,21,24)(H,22,23). The molecule has 2 atom stereocenters. The molecule has 0 heterocycles. The zero-order valence-electron chi connectivity index (χ0n) is 14.9. The zero-order chi connectivity index (χ0) is 18.0. The Morgan fingerprint density at radius 3 is 2.48 bits per heavy atom. The van der Waals surface area contributed by atoms with Crippen molar-refractivity contribution in [2.24, 2.45) is 23.5 Å². The predicted octanol–water partition coefficient (Wildman–Crippen LogP) is 2.15. The van der Waals surface area contributed by atoms with Gasteiger partial charge in [-0.15, -0.1) is 0 Å². The first-order chi connectivity index (χ1) is 12.0. The first-order valence-electron chi connectivity index (χ1n) is 9.00. The summed E-state index contributed by atoms with van der Waals surface area (Å²) in [5, 5.41) is 5.56. The maximum absolute atomic E-state index is 12.8. The zero-order valence-corrected chi connectivity index (χ0v) is 14.9. The number of rotatable bonds is 4. The normalized spacial score (nSPS) is 28.1. The van der Waals surface area contributed by atoms with Crippen LogP contribution in [0.1, 0.15) is 42.5 Å². The van der Waals surface area contributed by atoms with Gasteiger partial charge in [0.2, 0.25) is 5.91 Å². The third kappa shape index (κ3) is 3.63. The van der Waals surface area contributed by atoms with Crippen molar-refractivity contribution in [2.45, 2.75) is 38.1 Å². The van der Waals surface area contributed by atoms with Crippen molar-refractivity contribution in [3.05, 3.63) is 23.8 Å². The predicted molar refractivity (Wildman–Crippen MR) is 96.5 cm³/mol. The molecule has 2 aliphatic rings. The SMILES string of the molecule is CNC(=O)c1cc(OC)ccc1NC(=O)C1CC2CCCC(C1)C2N. The molecule has 0 spiro atoms. The number of benzene rings is 1. The Balaban J connectivity index is 1.76. The molecule has 6 nitrogen and oxygen atoms in total. The minimum Gasteiger partial charge on any atom is -0.497 e. The van der Waals surface area contributed by atoms with Gasteiger partial charge in [-0.2, -0.15) is 0 Å². The van der Waals surface area contributed by atoms with Gasteiger partial charge in [0.1, 0.15) is 5.75 Å². The first-order valence-corrected chi connectivity index (χ1v) is 9.00. The van der Waals surface area contributed by atoms with Crippen LogP contribution in [0.4, 0.5) is 5.69 Å². The highest BCUT2D eigenvalue weighted by atomic mass is 16.5. The molecule has 0 aliphatic heterocycles. The van der Waals surface area contributed by atoms with Crippen molar-refractivity contribution < 1.29 is 14.3 Å². The highest BCUT2D eigenvalue weighted by Gasteiger charge is 2.40. The van der Waals surface area contributed by atoms with Crippen LogP contribution >= 0.6 is 0 Å². The Morgan fingerprint density at radius 1 is 1.20 bits per heavy atom. The van der Waals surface area contributed by atoms with E-state index in [-0.39, 0.29) is 23.8 Å². The van der Waals surface area contributed by atoms with E-state index in [4.69, 9.17) is 10.5 Å². The van der Waals surface area contributed by atoms with Crippen LogP contribution in [0.2, 0.25) is 0 Å². The number of nitrogens with one attached hydrogen (secondary N) is 2. The smallest absolute Gasteiger partial charge is 0.253 e. The Hall–Kier alpha value is -2.08. The Morgan fingerprint density at radius 2 is 1.88 bits per heavy atom. The number of carbonyl (C=O) groups excluding carboxylic acids is 2. The van der Waals surface area contributed by atoms with Crippen LogP contribution in [0.3, 0.4) is 0 Å². The molecule has 2 saturated carbocycles. The van der Waals surface area contributed by atoms with Crippen molar-refractivity contribution >= 4 is 17.5 Å². The Labute approximate surface area is 148 Å². The maximum atomic E-state index is 12.8. The maximum Gasteiger partial charge on any atom is 0.253 e. The largest absolute Gasteiger partial charge is 0.497 e. The van der Waals surface area contributed by atoms with E-state index in [1.807, 2.05) is 0 Å². The highest BCUT2D eigenvalue weighted by Crippen LogP contribution is 2.42. The second kappa shape index (κ2) is 7.44. The molecule has 2 bridgehead atoms. The Bertz CT molecular complexity index is 647. The molecule has 2 unspecified atom stereocenters. The van der Waals surface area contributed by atoms with E-state index in [0.29, 0.717) is 28.8 Å². The van der Waals surface area contributed by atoms with Gasteiger partial charge in [0, 0.05) is 19.0 Å². The lowest BCUT2D eigenvalue weighted by atomic mass is 9.65. The molecular formula is C19H27N3O3. The van der Waals surface area contributed by atoms with E-state index in [1.165, 1.54) is 6.42 Å². The van der Waals surface area contributed by atoms with Crippen LogP contribution in [0, 0.1) is 17.8 Å². The summed E-state index contributed by atoms with van der Waals surface area (Å²) in [5.74, 6) is 1.16. The van der Waals surface area contributed by atoms with E-state index in [1.54, 1.807) is 32.4 Å². The minimum absolute atomic E-state index is 0.0147. The summed E-state index contributed by atoms with van der Waals surface area (Å²) in [7, 11) is 3.11. The topological polar surface area (TPSA) is 93.5 Å². The van der Waals surface area contributed by atoms with Crippen molar-refractivity contribution in [3.8, 4) is 5.75 Å². The van der Waals surface area contributed by atoms with Gasteiger partial charge in [0.25, 0.3) is 5.91 Å². The van der Waals surface area contributed by atoms with Gasteiger partial charge in [-0.05, 0) is 55.7 Å². The number of amides is 2. The summed E-state index contributed by atoms with van der Waals surface area (Å²) >= 11 is 0. The molecule has 2 aliphatic carbocycles. The lowest BCUT2D eigenvalue weighted by molar-refractivity contribution is -0.122. The minimum atomic E-state index is -0.253. The second-order valence-corrected chi connectivity index (χ2v) is 7.18. The van der Waals surface area contributed by atoms with Gasteiger partial charge in [-0.25, -0.2) is 0 Å². The van der Waals surface area contributed by atoms with Crippen molar-refractivity contribution in [3.63, 3.8) is 0 Å². The van der Waals surface area contributed by atoms with Gasteiger partial charge < -0.3 is 21.1 Å². The molecule has 1 aromatic rings. The molecule has 6 heteroatoms. The molecule has 3 rings (SSSR count). The molecular weight excluding hydrogens is 318 g/mol. The van der Waals surface area contributed by atoms with Crippen LogP contribution < -0.4 is 21.1 Å². The van der Waals surface area contributed by atoms with Gasteiger partial charge in [0.05, 0.1) is 18.4 Å². The number of fused-ring (bicyclic) bond motifs is 2. The third-order valence-corrected chi connectivity index (χ3v) is 5.74. The lowest BCUT2D eigenvalue weighted by Gasteiger charge is -2.43. The van der Waals surface area contributed by atoms with Gasteiger partial charge in [0.15, 0.2) is 0 Å². The number of methoxy groups -OCH3 is 1. The fourth-order valence-electron chi connectivity index (χ4n) is 4.32. The van der Waals surface area contributed by atoms with E-state index >= 15 is 0 Å². The van der Waals surface area contributed by atoms with E-state index < -0.39 is 0 Å². The summed E-state index contributed by atoms with van der Waals surface area (Å²) < 4.78 is 5.18. The summed E-state index contributed by atoms with van der Waals surface area (Å²) in [6.07, 6.45) is 5.14. The highest BCUT2D eigenvalue weighted by molar-refractivity contribution is 6.04. The average Bonchev–Trinajstić information content (AvgIpc) is 2.61. The number of anilines is 1. The quantitative estimate of drug-likeness (QED) is 0.779. The molecule has 0 saturated heterocycles. The van der Waals surface area contributed by atoms with Gasteiger partial charge in [-0.1, -0.05) is 6.42 Å². The molecule has 4 N–H and O–H groups in total. The summed E-state index contributed by atoms with van der Waals surface area (Å²) in [5.41, 5.74) is 7.24. The second-order valence-electron chi connectivity index (χ2n) is 7.18. The number of hydrogen-bond donors (Lipinski definition) is 3. The van der Waals surface area contributed by atoms with E-state index in [0.717, 1.165) is 25.7 Å². The molecule has 1 aromatic carbocycles. The fourth-order valence-corrected chi connectivity index (χ4v) is 4.32. The van der Waals surface area contributed by atoms with Crippen molar-refractivity contribution in [2.75, 3.05) is 19.5 Å². The summed E-state index contributed by atoms with van der Waals surface area (Å²) in [6.45, 7) is 0. The molecule has 2 amide bonds. The van der Waals surface area contributed by atoms with Gasteiger partial charge >= 0.3 is 0 Å². The third-order valence-electron chi connectivity index (χ3n) is 5.74. The Kier molecular flexibility index (Phi) is 5.27. The number of nitrogens with two attached hydrogens (primary N) is 1. The van der Waals surface area contributed by atoms with E-state index in [9.17, 15) is 9.59 Å². The number of carbonyl (C=O) groups is 2. The summed E-state index contributed by atoms with van der Waals surface area (Å²) in [6, 6.07) is 5.34. The molecule has 0 radical (unpaired) electrons. The van der Waals surface area contributed by atoms with Crippen LogP contribution in [0.15, 0.2) is 18.2 Å². The van der Waals surface area contributed by atoms with Crippen LogP contribution in [0.25, 0.3) is 0 Å². The van der Waals surface area contributed by atoms with Gasteiger partial charge in [-0.3, -0.25) is 9.59 Å². The summed E-state index contributed by atoms with van der Waals surface area (Å²) in [4.78, 5) is 24.9. The van der Waals surface area contributed by atoms with E-state index in [2.05, 4.69) is 10.6 Å². The number of ether oxygens (including phenoxy) is 1. The lowest BCUT2D eigenvalue weighted by Crippen LogP contribution is -2.48. The monoisotopic (exact) mass is 345 g/mol. The first kappa shape index (κ1) is 17.7. The van der Waals surface area contributed by atoms with Crippen LogP contribution in [-0.4, -0.2) is 32.0 Å².